The minimum Gasteiger partial charge on any atom is -0.493 e. The van der Waals surface area contributed by atoms with E-state index in [-0.39, 0.29) is 6.61 Å². The number of methoxy groups -OCH3 is 1. The van der Waals surface area contributed by atoms with Crippen molar-refractivity contribution in [3.8, 4) is 11.5 Å². The standard InChI is InChI=1S/C13H18FNO2/c1-16-12-5-2-10(9-15-11-3-4-11)8-13(12)17-7-6-14/h2,5,8,11,15H,3-4,6-7,9H2,1H3. The molecule has 0 aliphatic heterocycles. The Hall–Kier alpha value is -1.29. The van der Waals surface area contributed by atoms with E-state index < -0.39 is 6.67 Å². The highest BCUT2D eigenvalue weighted by molar-refractivity contribution is 5.43. The molecule has 1 aliphatic rings. The molecule has 94 valence electrons. The van der Waals surface area contributed by atoms with Crippen molar-refractivity contribution < 1.29 is 13.9 Å². The van der Waals surface area contributed by atoms with Gasteiger partial charge in [-0.05, 0) is 30.5 Å². The third-order valence-corrected chi connectivity index (χ3v) is 2.73. The number of hydrogen-bond donors (Lipinski definition) is 1. The van der Waals surface area contributed by atoms with Crippen LogP contribution in [0.1, 0.15) is 18.4 Å². The lowest BCUT2D eigenvalue weighted by molar-refractivity contribution is 0.260. The topological polar surface area (TPSA) is 30.5 Å². The van der Waals surface area contributed by atoms with Gasteiger partial charge in [0.2, 0.25) is 0 Å². The second-order valence-electron chi connectivity index (χ2n) is 4.18. The van der Waals surface area contributed by atoms with Gasteiger partial charge in [-0.2, -0.15) is 0 Å². The molecule has 0 spiro atoms. The van der Waals surface area contributed by atoms with Gasteiger partial charge in [0.25, 0.3) is 0 Å². The van der Waals surface area contributed by atoms with Crippen molar-refractivity contribution in [1.29, 1.82) is 0 Å². The number of ether oxygens (including phenoxy) is 2. The number of benzene rings is 1. The monoisotopic (exact) mass is 239 g/mol. The summed E-state index contributed by atoms with van der Waals surface area (Å²) >= 11 is 0. The zero-order chi connectivity index (χ0) is 12.1. The van der Waals surface area contributed by atoms with Crippen molar-refractivity contribution in [2.45, 2.75) is 25.4 Å². The van der Waals surface area contributed by atoms with E-state index in [1.165, 1.54) is 12.8 Å². The molecule has 1 aliphatic carbocycles. The van der Waals surface area contributed by atoms with Gasteiger partial charge < -0.3 is 14.8 Å². The molecule has 1 saturated carbocycles. The van der Waals surface area contributed by atoms with E-state index in [0.29, 0.717) is 17.5 Å². The van der Waals surface area contributed by atoms with Crippen LogP contribution in [0, 0.1) is 0 Å². The minimum absolute atomic E-state index is 0.0653. The van der Waals surface area contributed by atoms with Crippen LogP contribution in [0.3, 0.4) is 0 Å². The van der Waals surface area contributed by atoms with Crippen LogP contribution in [0.4, 0.5) is 4.39 Å². The molecule has 3 nitrogen and oxygen atoms in total. The number of halogens is 1. The molecular formula is C13H18FNO2. The summed E-state index contributed by atoms with van der Waals surface area (Å²) in [6.07, 6.45) is 2.53. The van der Waals surface area contributed by atoms with E-state index >= 15 is 0 Å². The Kier molecular flexibility index (Phi) is 4.20. The fourth-order valence-electron chi connectivity index (χ4n) is 1.64. The SMILES string of the molecule is COc1ccc(CNC2CC2)cc1OCCF. The Bertz CT molecular complexity index is 366. The van der Waals surface area contributed by atoms with E-state index in [1.54, 1.807) is 7.11 Å². The summed E-state index contributed by atoms with van der Waals surface area (Å²) in [6, 6.07) is 6.44. The third kappa shape index (κ3) is 3.60. The Balaban J connectivity index is 2.00. The Morgan fingerprint density at radius 1 is 1.35 bits per heavy atom. The van der Waals surface area contributed by atoms with Crippen LogP contribution in [-0.4, -0.2) is 26.4 Å². The summed E-state index contributed by atoms with van der Waals surface area (Å²) in [5.41, 5.74) is 1.13. The molecule has 0 amide bonds. The molecule has 1 N–H and O–H groups in total. The van der Waals surface area contributed by atoms with Gasteiger partial charge >= 0.3 is 0 Å². The van der Waals surface area contributed by atoms with Crippen LogP contribution < -0.4 is 14.8 Å². The first-order valence-corrected chi connectivity index (χ1v) is 5.92. The zero-order valence-electron chi connectivity index (χ0n) is 10.0. The minimum atomic E-state index is -0.492. The lowest BCUT2D eigenvalue weighted by Gasteiger charge is -2.11. The van der Waals surface area contributed by atoms with Crippen molar-refractivity contribution >= 4 is 0 Å². The number of alkyl halides is 1. The molecule has 0 saturated heterocycles. The smallest absolute Gasteiger partial charge is 0.161 e. The molecule has 1 aromatic carbocycles. The molecular weight excluding hydrogens is 221 g/mol. The van der Waals surface area contributed by atoms with Crippen molar-refractivity contribution in [2.24, 2.45) is 0 Å². The summed E-state index contributed by atoms with van der Waals surface area (Å²) in [4.78, 5) is 0. The molecule has 0 bridgehead atoms. The van der Waals surface area contributed by atoms with E-state index in [4.69, 9.17) is 9.47 Å². The molecule has 0 unspecified atom stereocenters. The van der Waals surface area contributed by atoms with Crippen molar-refractivity contribution in [3.05, 3.63) is 23.8 Å². The first-order chi connectivity index (χ1) is 8.33. The Labute approximate surface area is 101 Å². The van der Waals surface area contributed by atoms with Crippen molar-refractivity contribution in [3.63, 3.8) is 0 Å². The van der Waals surface area contributed by atoms with Crippen LogP contribution >= 0.6 is 0 Å². The summed E-state index contributed by atoms with van der Waals surface area (Å²) in [6.45, 7) is 0.393. The fraction of sp³-hybridized carbons (Fsp3) is 0.538. The number of hydrogen-bond acceptors (Lipinski definition) is 3. The molecule has 0 atom stereocenters. The van der Waals surface area contributed by atoms with E-state index in [9.17, 15) is 4.39 Å². The maximum atomic E-state index is 12.1. The highest BCUT2D eigenvalue weighted by Crippen LogP contribution is 2.28. The second-order valence-corrected chi connectivity index (χ2v) is 4.18. The predicted molar refractivity (Wildman–Crippen MR) is 64.3 cm³/mol. The van der Waals surface area contributed by atoms with Gasteiger partial charge in [-0.3, -0.25) is 0 Å². The predicted octanol–water partition coefficient (Wildman–Crippen LogP) is 2.30. The summed E-state index contributed by atoms with van der Waals surface area (Å²) in [7, 11) is 1.58. The molecule has 0 radical (unpaired) electrons. The summed E-state index contributed by atoms with van der Waals surface area (Å²) in [5.74, 6) is 1.26. The lowest BCUT2D eigenvalue weighted by Crippen LogP contribution is -2.15. The van der Waals surface area contributed by atoms with Gasteiger partial charge in [0.1, 0.15) is 13.3 Å². The van der Waals surface area contributed by atoms with Gasteiger partial charge in [0.05, 0.1) is 7.11 Å². The van der Waals surface area contributed by atoms with Gasteiger partial charge in [-0.25, -0.2) is 4.39 Å². The average molecular weight is 239 g/mol. The maximum Gasteiger partial charge on any atom is 0.161 e. The molecule has 1 fully saturated rings. The van der Waals surface area contributed by atoms with Crippen molar-refractivity contribution in [2.75, 3.05) is 20.4 Å². The van der Waals surface area contributed by atoms with Gasteiger partial charge in [-0.15, -0.1) is 0 Å². The summed E-state index contributed by atoms with van der Waals surface area (Å²) in [5, 5.41) is 3.42. The maximum absolute atomic E-state index is 12.1. The fourth-order valence-corrected chi connectivity index (χ4v) is 1.64. The van der Waals surface area contributed by atoms with Crippen LogP contribution in [0.5, 0.6) is 11.5 Å². The van der Waals surface area contributed by atoms with Crippen LogP contribution in [0.2, 0.25) is 0 Å². The van der Waals surface area contributed by atoms with Crippen molar-refractivity contribution in [1.82, 2.24) is 5.32 Å². The average Bonchev–Trinajstić information content (AvgIpc) is 3.18. The molecule has 2 rings (SSSR count). The molecule has 17 heavy (non-hydrogen) atoms. The highest BCUT2D eigenvalue weighted by Gasteiger charge is 2.20. The number of nitrogens with one attached hydrogen (secondary N) is 1. The van der Waals surface area contributed by atoms with E-state index in [0.717, 1.165) is 12.1 Å². The van der Waals surface area contributed by atoms with Gasteiger partial charge in [0.15, 0.2) is 11.5 Å². The normalized spacial score (nSPS) is 14.7. The van der Waals surface area contributed by atoms with Gasteiger partial charge in [-0.1, -0.05) is 6.07 Å². The lowest BCUT2D eigenvalue weighted by atomic mass is 10.2. The third-order valence-electron chi connectivity index (χ3n) is 2.73. The molecule has 0 heterocycles. The Morgan fingerprint density at radius 3 is 2.82 bits per heavy atom. The Morgan fingerprint density at radius 2 is 2.18 bits per heavy atom. The quantitative estimate of drug-likeness (QED) is 0.792. The number of rotatable bonds is 7. The van der Waals surface area contributed by atoms with E-state index in [2.05, 4.69) is 5.32 Å². The largest absolute Gasteiger partial charge is 0.493 e. The highest BCUT2D eigenvalue weighted by atomic mass is 19.1. The first kappa shape index (κ1) is 12.2. The van der Waals surface area contributed by atoms with E-state index in [1.807, 2.05) is 18.2 Å². The van der Waals surface area contributed by atoms with Crippen LogP contribution in [0.25, 0.3) is 0 Å². The molecule has 0 aromatic heterocycles. The first-order valence-electron chi connectivity index (χ1n) is 5.92. The van der Waals surface area contributed by atoms with Crippen LogP contribution in [0.15, 0.2) is 18.2 Å². The molecule has 4 heteroatoms. The van der Waals surface area contributed by atoms with Crippen LogP contribution in [-0.2, 0) is 6.54 Å². The van der Waals surface area contributed by atoms with Gasteiger partial charge in [0, 0.05) is 12.6 Å². The second kappa shape index (κ2) is 5.87. The zero-order valence-corrected chi connectivity index (χ0v) is 10.0. The summed E-state index contributed by atoms with van der Waals surface area (Å²) < 4.78 is 22.6. The molecule has 1 aromatic rings.